The lowest BCUT2D eigenvalue weighted by atomic mass is 10.2. The van der Waals surface area contributed by atoms with Gasteiger partial charge >= 0.3 is 0 Å². The van der Waals surface area contributed by atoms with Crippen molar-refractivity contribution in [2.45, 2.75) is 11.4 Å². The van der Waals surface area contributed by atoms with Crippen molar-refractivity contribution in [3.05, 3.63) is 53.8 Å². The second kappa shape index (κ2) is 6.76. The van der Waals surface area contributed by atoms with E-state index in [0.717, 1.165) is 6.07 Å². The van der Waals surface area contributed by atoms with E-state index in [4.69, 9.17) is 9.47 Å². The van der Waals surface area contributed by atoms with Crippen molar-refractivity contribution in [3.8, 4) is 11.5 Å². The maximum absolute atomic E-state index is 13.6. The summed E-state index contributed by atoms with van der Waals surface area (Å²) in [6, 6.07) is 10.2. The molecule has 0 aliphatic carbocycles. The van der Waals surface area contributed by atoms with Crippen molar-refractivity contribution in [1.29, 1.82) is 0 Å². The molecule has 5 nitrogen and oxygen atoms in total. The molecule has 118 valence electrons. The van der Waals surface area contributed by atoms with Crippen LogP contribution in [0.15, 0.2) is 47.4 Å². The van der Waals surface area contributed by atoms with Crippen LogP contribution in [0.2, 0.25) is 0 Å². The predicted octanol–water partition coefficient (Wildman–Crippen LogP) is 2.32. The summed E-state index contributed by atoms with van der Waals surface area (Å²) in [6.07, 6.45) is 0. The topological polar surface area (TPSA) is 64.6 Å². The van der Waals surface area contributed by atoms with Crippen LogP contribution in [-0.4, -0.2) is 22.6 Å². The summed E-state index contributed by atoms with van der Waals surface area (Å²) in [4.78, 5) is -0.379. The molecule has 0 saturated heterocycles. The standard InChI is InChI=1S/C15H16FNO4S/c1-20-13-8-7-11(9-14(13)21-2)10-17-22(18,19)15-6-4-3-5-12(15)16/h3-9,17H,10H2,1-2H3. The molecule has 0 amide bonds. The van der Waals surface area contributed by atoms with Gasteiger partial charge in [0.05, 0.1) is 14.2 Å². The Morgan fingerprint density at radius 2 is 1.73 bits per heavy atom. The number of hydrogen-bond acceptors (Lipinski definition) is 4. The molecule has 0 bridgehead atoms. The number of nitrogens with one attached hydrogen (secondary N) is 1. The zero-order valence-electron chi connectivity index (χ0n) is 12.2. The van der Waals surface area contributed by atoms with Crippen LogP contribution in [0.1, 0.15) is 5.56 Å². The molecule has 1 N–H and O–H groups in total. The van der Waals surface area contributed by atoms with E-state index in [0.29, 0.717) is 17.1 Å². The third kappa shape index (κ3) is 3.55. The van der Waals surface area contributed by atoms with Crippen molar-refractivity contribution in [2.24, 2.45) is 0 Å². The van der Waals surface area contributed by atoms with Crippen LogP contribution in [-0.2, 0) is 16.6 Å². The van der Waals surface area contributed by atoms with Gasteiger partial charge in [-0.2, -0.15) is 0 Å². The highest BCUT2D eigenvalue weighted by Crippen LogP contribution is 2.27. The van der Waals surface area contributed by atoms with E-state index in [1.165, 1.54) is 32.4 Å². The van der Waals surface area contributed by atoms with Gasteiger partial charge in [-0.25, -0.2) is 17.5 Å². The van der Waals surface area contributed by atoms with Crippen LogP contribution in [0.5, 0.6) is 11.5 Å². The first kappa shape index (κ1) is 16.3. The molecule has 0 unspecified atom stereocenters. The molecule has 2 aromatic rings. The number of benzene rings is 2. The smallest absolute Gasteiger partial charge is 0.243 e. The second-order valence-electron chi connectivity index (χ2n) is 4.44. The summed E-state index contributed by atoms with van der Waals surface area (Å²) < 4.78 is 50.4. The average Bonchev–Trinajstić information content (AvgIpc) is 2.53. The summed E-state index contributed by atoms with van der Waals surface area (Å²) in [5, 5.41) is 0. The zero-order chi connectivity index (χ0) is 16.2. The normalized spacial score (nSPS) is 11.2. The van der Waals surface area contributed by atoms with Crippen LogP contribution in [0, 0.1) is 5.82 Å². The van der Waals surface area contributed by atoms with Crippen molar-refractivity contribution < 1.29 is 22.3 Å². The first-order valence-electron chi connectivity index (χ1n) is 6.43. The zero-order valence-corrected chi connectivity index (χ0v) is 13.0. The van der Waals surface area contributed by atoms with Gasteiger partial charge in [0.15, 0.2) is 11.5 Å². The van der Waals surface area contributed by atoms with Crippen LogP contribution < -0.4 is 14.2 Å². The van der Waals surface area contributed by atoms with Crippen LogP contribution in [0.25, 0.3) is 0 Å². The SMILES string of the molecule is COc1ccc(CNS(=O)(=O)c2ccccc2F)cc1OC. The van der Waals surface area contributed by atoms with Gasteiger partial charge in [0.1, 0.15) is 10.7 Å². The van der Waals surface area contributed by atoms with E-state index in [9.17, 15) is 12.8 Å². The van der Waals surface area contributed by atoms with Gasteiger partial charge in [0.2, 0.25) is 10.0 Å². The van der Waals surface area contributed by atoms with E-state index in [1.54, 1.807) is 18.2 Å². The summed E-state index contributed by atoms with van der Waals surface area (Å²) in [6.45, 7) is 0.0109. The Balaban J connectivity index is 2.18. The lowest BCUT2D eigenvalue weighted by molar-refractivity contribution is 0.354. The van der Waals surface area contributed by atoms with Gasteiger partial charge in [0, 0.05) is 6.54 Å². The average molecular weight is 325 g/mol. The molecule has 0 fully saturated rings. The Morgan fingerprint density at radius 1 is 1.05 bits per heavy atom. The number of rotatable bonds is 6. The summed E-state index contributed by atoms with van der Waals surface area (Å²) in [5.41, 5.74) is 0.664. The molecule has 0 aromatic heterocycles. The van der Waals surface area contributed by atoms with Crippen molar-refractivity contribution in [1.82, 2.24) is 4.72 Å². The van der Waals surface area contributed by atoms with Gasteiger partial charge < -0.3 is 9.47 Å². The molecule has 0 radical (unpaired) electrons. The Hall–Kier alpha value is -2.12. The minimum Gasteiger partial charge on any atom is -0.493 e. The lowest BCUT2D eigenvalue weighted by Gasteiger charge is -2.11. The van der Waals surface area contributed by atoms with Gasteiger partial charge in [-0.3, -0.25) is 0 Å². The molecule has 0 spiro atoms. The Kier molecular flexibility index (Phi) is 4.99. The van der Waals surface area contributed by atoms with Crippen LogP contribution >= 0.6 is 0 Å². The predicted molar refractivity (Wildman–Crippen MR) is 80.0 cm³/mol. The Bertz CT molecular complexity index is 762. The molecule has 0 atom stereocenters. The molecular weight excluding hydrogens is 309 g/mol. The summed E-state index contributed by atoms with van der Waals surface area (Å²) in [5.74, 6) is 0.246. The van der Waals surface area contributed by atoms with E-state index >= 15 is 0 Å². The van der Waals surface area contributed by atoms with E-state index < -0.39 is 15.8 Å². The molecule has 0 aliphatic rings. The van der Waals surface area contributed by atoms with Gasteiger partial charge in [0.25, 0.3) is 0 Å². The minimum absolute atomic E-state index is 0.0109. The van der Waals surface area contributed by atoms with Gasteiger partial charge in [-0.05, 0) is 29.8 Å². The molecule has 0 aliphatic heterocycles. The van der Waals surface area contributed by atoms with Gasteiger partial charge in [-0.15, -0.1) is 0 Å². The highest BCUT2D eigenvalue weighted by molar-refractivity contribution is 7.89. The molecule has 2 rings (SSSR count). The fraction of sp³-hybridized carbons (Fsp3) is 0.200. The highest BCUT2D eigenvalue weighted by Gasteiger charge is 2.18. The summed E-state index contributed by atoms with van der Waals surface area (Å²) >= 11 is 0. The molecule has 2 aromatic carbocycles. The number of halogens is 1. The lowest BCUT2D eigenvalue weighted by Crippen LogP contribution is -2.24. The van der Waals surface area contributed by atoms with Crippen molar-refractivity contribution >= 4 is 10.0 Å². The first-order chi connectivity index (χ1) is 10.5. The Labute approximate surface area is 128 Å². The minimum atomic E-state index is -3.92. The number of ether oxygens (including phenoxy) is 2. The Morgan fingerprint density at radius 3 is 2.36 bits per heavy atom. The molecule has 0 heterocycles. The van der Waals surface area contributed by atoms with E-state index in [1.807, 2.05) is 0 Å². The highest BCUT2D eigenvalue weighted by atomic mass is 32.2. The number of methoxy groups -OCH3 is 2. The van der Waals surface area contributed by atoms with Crippen LogP contribution in [0.4, 0.5) is 4.39 Å². The molecule has 7 heteroatoms. The molecule has 22 heavy (non-hydrogen) atoms. The fourth-order valence-electron chi connectivity index (χ4n) is 1.91. The third-order valence-corrected chi connectivity index (χ3v) is 4.47. The quantitative estimate of drug-likeness (QED) is 0.885. The second-order valence-corrected chi connectivity index (χ2v) is 6.18. The van der Waals surface area contributed by atoms with Crippen molar-refractivity contribution in [3.63, 3.8) is 0 Å². The number of sulfonamides is 1. The first-order valence-corrected chi connectivity index (χ1v) is 7.91. The largest absolute Gasteiger partial charge is 0.493 e. The monoisotopic (exact) mass is 325 g/mol. The van der Waals surface area contributed by atoms with E-state index in [2.05, 4.69) is 4.72 Å². The molecule has 0 saturated carbocycles. The van der Waals surface area contributed by atoms with E-state index in [-0.39, 0.29) is 11.4 Å². The third-order valence-electron chi connectivity index (χ3n) is 3.04. The van der Waals surface area contributed by atoms with Crippen molar-refractivity contribution in [2.75, 3.05) is 14.2 Å². The maximum Gasteiger partial charge on any atom is 0.243 e. The van der Waals surface area contributed by atoms with Crippen LogP contribution in [0.3, 0.4) is 0 Å². The van der Waals surface area contributed by atoms with Gasteiger partial charge in [-0.1, -0.05) is 18.2 Å². The number of hydrogen-bond donors (Lipinski definition) is 1. The fourth-order valence-corrected chi connectivity index (χ4v) is 3.00. The summed E-state index contributed by atoms with van der Waals surface area (Å²) in [7, 11) is -0.918. The maximum atomic E-state index is 13.6. The molecular formula is C15H16FNO4S.